The minimum atomic E-state index is -3.86. The number of amides is 1. The number of carbonyl (C=O) groups excluding carboxylic acids is 1. The van der Waals surface area contributed by atoms with Gasteiger partial charge < -0.3 is 15.0 Å². The highest BCUT2D eigenvalue weighted by molar-refractivity contribution is 7.92. The zero-order valence-corrected chi connectivity index (χ0v) is 20.7. The summed E-state index contributed by atoms with van der Waals surface area (Å²) in [7, 11) is 3.08. The summed E-state index contributed by atoms with van der Waals surface area (Å²) in [5, 5.41) is 3.06. The summed E-state index contributed by atoms with van der Waals surface area (Å²) in [6, 6.07) is 22.7. The number of nitrogens with zero attached hydrogens (tertiary/aromatic N) is 2. The number of benzene rings is 3. The van der Waals surface area contributed by atoms with Gasteiger partial charge in [-0.15, -0.1) is 0 Å². The molecule has 7 nitrogen and oxygen atoms in total. The first-order valence-corrected chi connectivity index (χ1v) is 12.4. The summed E-state index contributed by atoms with van der Waals surface area (Å²) < 4.78 is 32.8. The van der Waals surface area contributed by atoms with Crippen LogP contribution in [0.3, 0.4) is 0 Å². The third-order valence-electron chi connectivity index (χ3n) is 5.44. The van der Waals surface area contributed by atoms with Crippen molar-refractivity contribution in [3.63, 3.8) is 0 Å². The minimum Gasteiger partial charge on any atom is -0.497 e. The Morgan fingerprint density at radius 2 is 1.62 bits per heavy atom. The standard InChI is InChI=1S/C26H31N3O4S/c1-28(2)19-22(17-20-9-6-5-7-10-20)27-26(30)21-11-8-12-25(18-21)34(31,32)29(3)23-13-15-24(33-4)16-14-23/h5-16,18,22H,17,19H2,1-4H3,(H,27,30). The molecule has 0 aliphatic heterocycles. The van der Waals surface area contributed by atoms with Crippen LogP contribution in [-0.4, -0.2) is 60.1 Å². The van der Waals surface area contributed by atoms with Gasteiger partial charge in [-0.05, 0) is 68.5 Å². The molecule has 0 saturated heterocycles. The van der Waals surface area contributed by atoms with E-state index in [1.54, 1.807) is 43.5 Å². The first-order valence-electron chi connectivity index (χ1n) is 10.9. The molecule has 8 heteroatoms. The Morgan fingerprint density at radius 3 is 2.24 bits per heavy atom. The average molecular weight is 482 g/mol. The van der Waals surface area contributed by atoms with Crippen LogP contribution in [0, 0.1) is 0 Å². The second kappa shape index (κ2) is 11.2. The van der Waals surface area contributed by atoms with Crippen LogP contribution < -0.4 is 14.4 Å². The molecular formula is C26H31N3O4S. The van der Waals surface area contributed by atoms with Crippen molar-refractivity contribution in [3.05, 3.63) is 90.0 Å². The number of sulfonamides is 1. The second-order valence-electron chi connectivity index (χ2n) is 8.32. The van der Waals surface area contributed by atoms with Gasteiger partial charge in [0.2, 0.25) is 0 Å². The number of nitrogens with one attached hydrogen (secondary N) is 1. The third kappa shape index (κ3) is 6.36. The summed E-state index contributed by atoms with van der Waals surface area (Å²) in [5.41, 5.74) is 1.90. The number of ether oxygens (including phenoxy) is 1. The highest BCUT2D eigenvalue weighted by Gasteiger charge is 2.23. The minimum absolute atomic E-state index is 0.0469. The normalized spacial score (nSPS) is 12.3. The molecule has 1 unspecified atom stereocenters. The van der Waals surface area contributed by atoms with Crippen molar-refractivity contribution in [1.29, 1.82) is 0 Å². The Hall–Kier alpha value is -3.36. The van der Waals surface area contributed by atoms with Gasteiger partial charge in [-0.3, -0.25) is 9.10 Å². The lowest BCUT2D eigenvalue weighted by Gasteiger charge is -2.23. The molecule has 3 aromatic carbocycles. The average Bonchev–Trinajstić information content (AvgIpc) is 2.84. The predicted molar refractivity (Wildman–Crippen MR) is 135 cm³/mol. The van der Waals surface area contributed by atoms with Crippen LogP contribution in [0.1, 0.15) is 15.9 Å². The maximum absolute atomic E-state index is 13.2. The monoisotopic (exact) mass is 481 g/mol. The van der Waals surface area contributed by atoms with Crippen LogP contribution in [0.4, 0.5) is 5.69 Å². The topological polar surface area (TPSA) is 78.9 Å². The summed E-state index contributed by atoms with van der Waals surface area (Å²) in [5.74, 6) is 0.322. The van der Waals surface area contributed by atoms with Gasteiger partial charge >= 0.3 is 0 Å². The lowest BCUT2D eigenvalue weighted by Crippen LogP contribution is -2.43. The van der Waals surface area contributed by atoms with Gasteiger partial charge in [0.15, 0.2) is 0 Å². The molecule has 1 amide bonds. The zero-order valence-electron chi connectivity index (χ0n) is 19.9. The molecule has 0 saturated carbocycles. The van der Waals surface area contributed by atoms with E-state index in [1.807, 2.05) is 49.3 Å². The van der Waals surface area contributed by atoms with E-state index in [9.17, 15) is 13.2 Å². The van der Waals surface area contributed by atoms with Crippen molar-refractivity contribution in [2.75, 3.05) is 39.1 Å². The van der Waals surface area contributed by atoms with E-state index in [-0.39, 0.29) is 16.8 Å². The van der Waals surface area contributed by atoms with Crippen molar-refractivity contribution in [1.82, 2.24) is 10.2 Å². The molecule has 0 aliphatic carbocycles. The number of methoxy groups -OCH3 is 1. The molecule has 3 rings (SSSR count). The van der Waals surface area contributed by atoms with Crippen molar-refractivity contribution in [2.24, 2.45) is 0 Å². The molecule has 0 bridgehead atoms. The second-order valence-corrected chi connectivity index (χ2v) is 10.3. The largest absolute Gasteiger partial charge is 0.497 e. The molecule has 0 aliphatic rings. The lowest BCUT2D eigenvalue weighted by molar-refractivity contribution is 0.0930. The summed E-state index contributed by atoms with van der Waals surface area (Å²) in [6.07, 6.45) is 0.670. The van der Waals surface area contributed by atoms with Gasteiger partial charge in [-0.25, -0.2) is 8.42 Å². The molecule has 1 N–H and O–H groups in total. The summed E-state index contributed by atoms with van der Waals surface area (Å²) >= 11 is 0. The molecular weight excluding hydrogens is 450 g/mol. The third-order valence-corrected chi connectivity index (χ3v) is 7.22. The van der Waals surface area contributed by atoms with Gasteiger partial charge in [0.1, 0.15) is 5.75 Å². The number of rotatable bonds is 10. The number of hydrogen-bond acceptors (Lipinski definition) is 5. The van der Waals surface area contributed by atoms with E-state index >= 15 is 0 Å². The Bertz CT molecular complexity index is 1200. The van der Waals surface area contributed by atoms with Gasteiger partial charge in [0, 0.05) is 25.2 Å². The van der Waals surface area contributed by atoms with E-state index in [1.165, 1.54) is 23.5 Å². The Kier molecular flexibility index (Phi) is 8.31. The molecule has 3 aromatic rings. The lowest BCUT2D eigenvalue weighted by atomic mass is 10.0. The SMILES string of the molecule is COc1ccc(N(C)S(=O)(=O)c2cccc(C(=O)NC(Cc3ccccc3)CN(C)C)c2)cc1. The van der Waals surface area contributed by atoms with Crippen molar-refractivity contribution in [3.8, 4) is 5.75 Å². The van der Waals surface area contributed by atoms with Crippen LogP contribution in [0.15, 0.2) is 83.8 Å². The molecule has 180 valence electrons. The van der Waals surface area contributed by atoms with Gasteiger partial charge in [-0.2, -0.15) is 0 Å². The van der Waals surface area contributed by atoms with Gasteiger partial charge in [0.25, 0.3) is 15.9 Å². The van der Waals surface area contributed by atoms with Crippen LogP contribution in [0.25, 0.3) is 0 Å². The number of carbonyl (C=O) groups is 1. The van der Waals surface area contributed by atoms with Crippen molar-refractivity contribution >= 4 is 21.6 Å². The van der Waals surface area contributed by atoms with Crippen LogP contribution in [0.5, 0.6) is 5.75 Å². The van der Waals surface area contributed by atoms with Crippen LogP contribution >= 0.6 is 0 Å². The van der Waals surface area contributed by atoms with Crippen LogP contribution in [-0.2, 0) is 16.4 Å². The van der Waals surface area contributed by atoms with Crippen molar-refractivity contribution < 1.29 is 17.9 Å². The predicted octanol–water partition coefficient (Wildman–Crippen LogP) is 3.42. The zero-order chi connectivity index (χ0) is 24.7. The Balaban J connectivity index is 1.80. The molecule has 0 heterocycles. The fourth-order valence-electron chi connectivity index (χ4n) is 3.66. The highest BCUT2D eigenvalue weighted by Crippen LogP contribution is 2.24. The first-order chi connectivity index (χ1) is 16.2. The summed E-state index contributed by atoms with van der Waals surface area (Å²) in [6.45, 7) is 0.652. The van der Waals surface area contributed by atoms with E-state index < -0.39 is 10.0 Å². The quantitative estimate of drug-likeness (QED) is 0.480. The molecule has 0 radical (unpaired) electrons. The molecule has 1 atom stereocenters. The van der Waals surface area contributed by atoms with Crippen molar-refractivity contribution in [2.45, 2.75) is 17.4 Å². The molecule has 0 aromatic heterocycles. The number of anilines is 1. The number of hydrogen-bond donors (Lipinski definition) is 1. The first kappa shape index (κ1) is 25.3. The van der Waals surface area contributed by atoms with E-state index in [4.69, 9.17) is 4.74 Å². The fraction of sp³-hybridized carbons (Fsp3) is 0.269. The molecule has 34 heavy (non-hydrogen) atoms. The van der Waals surface area contributed by atoms with Crippen LogP contribution in [0.2, 0.25) is 0 Å². The molecule has 0 spiro atoms. The Morgan fingerprint density at radius 1 is 0.941 bits per heavy atom. The van der Waals surface area contributed by atoms with E-state index in [0.717, 1.165) is 5.56 Å². The molecule has 0 fully saturated rings. The van der Waals surface area contributed by atoms with Gasteiger partial charge in [0.05, 0.1) is 17.7 Å². The highest BCUT2D eigenvalue weighted by atomic mass is 32.2. The van der Waals surface area contributed by atoms with E-state index in [2.05, 4.69) is 5.32 Å². The maximum atomic E-state index is 13.2. The maximum Gasteiger partial charge on any atom is 0.264 e. The number of likely N-dealkylation sites (N-methyl/N-ethyl adjacent to an activating group) is 1. The fourth-order valence-corrected chi connectivity index (χ4v) is 4.90. The summed E-state index contributed by atoms with van der Waals surface area (Å²) in [4.78, 5) is 15.1. The van der Waals surface area contributed by atoms with E-state index in [0.29, 0.717) is 30.0 Å². The Labute approximate surface area is 202 Å². The van der Waals surface area contributed by atoms with Gasteiger partial charge in [-0.1, -0.05) is 36.4 Å². The smallest absolute Gasteiger partial charge is 0.264 e.